The molecule has 4 heterocycles. The molecule has 1 aliphatic carbocycles. The van der Waals surface area contributed by atoms with Gasteiger partial charge < -0.3 is 9.32 Å². The molecule has 0 bridgehead atoms. The number of benzene rings is 12. The van der Waals surface area contributed by atoms with Gasteiger partial charge in [0.2, 0.25) is 0 Å². The fraction of sp³-hybridized carbons (Fsp3) is 0.0128. The third-order valence-electron chi connectivity index (χ3n) is 17.4. The second-order valence-corrected chi connectivity index (χ2v) is 21.8. The first-order valence-corrected chi connectivity index (χ1v) is 28.2. The standard InChI is InChI=1S/C78H49N3O/c1-5-21-50(22-6-1)56-43-57(51-23-7-2-8-24-51)45-59(44-56)80-71-35-19-17-33-65(71)78(64-32-16-13-30-61(64)76-67(78)40-42-74-77(76)62-31-15-20-36-73(62)82-74)66-39-37-55(48-72(66)80)54-38-41-70-63(46-54)60-29-14-18-34-69(60)81(70)75-49-58(52-25-9-3-10-26-52)47-68(79-75)53-27-11-4-12-28-53/h1-49H. The van der Waals surface area contributed by atoms with Gasteiger partial charge in [-0.1, -0.05) is 224 Å². The van der Waals surface area contributed by atoms with Gasteiger partial charge in [-0.25, -0.2) is 4.98 Å². The number of hydrogen-bond donors (Lipinski definition) is 0. The van der Waals surface area contributed by atoms with Gasteiger partial charge in [0, 0.05) is 32.8 Å². The molecule has 2 aliphatic rings. The topological polar surface area (TPSA) is 34.2 Å². The van der Waals surface area contributed by atoms with E-state index < -0.39 is 5.41 Å². The zero-order valence-electron chi connectivity index (χ0n) is 44.5. The molecule has 0 saturated carbocycles. The molecule has 12 aromatic carbocycles. The molecule has 1 spiro atoms. The molecule has 1 aliphatic heterocycles. The first-order chi connectivity index (χ1) is 40.7. The van der Waals surface area contributed by atoms with Crippen LogP contribution < -0.4 is 4.90 Å². The molecule has 1 atom stereocenters. The van der Waals surface area contributed by atoms with Gasteiger partial charge in [-0.15, -0.1) is 0 Å². The van der Waals surface area contributed by atoms with Gasteiger partial charge in [-0.05, 0) is 151 Å². The average molecular weight is 1040 g/mol. The fourth-order valence-electron chi connectivity index (χ4n) is 13.8. The molecule has 1 unspecified atom stereocenters. The van der Waals surface area contributed by atoms with Crippen LogP contribution in [-0.2, 0) is 5.41 Å². The Balaban J connectivity index is 0.925. The number of nitrogens with zero attached hydrogens (tertiary/aromatic N) is 3. The second kappa shape index (κ2) is 18.1. The molecule has 3 aromatic heterocycles. The van der Waals surface area contributed by atoms with Crippen LogP contribution in [0.3, 0.4) is 0 Å². The van der Waals surface area contributed by atoms with Gasteiger partial charge in [0.25, 0.3) is 0 Å². The van der Waals surface area contributed by atoms with Crippen molar-refractivity contribution in [2.75, 3.05) is 4.90 Å². The summed E-state index contributed by atoms with van der Waals surface area (Å²) < 4.78 is 9.01. The summed E-state index contributed by atoms with van der Waals surface area (Å²) in [6.07, 6.45) is 0. The highest BCUT2D eigenvalue weighted by molar-refractivity contribution is 6.16. The maximum atomic E-state index is 6.66. The first-order valence-electron chi connectivity index (χ1n) is 28.2. The van der Waals surface area contributed by atoms with E-state index in [-0.39, 0.29) is 0 Å². The van der Waals surface area contributed by atoms with Crippen LogP contribution in [0.4, 0.5) is 17.1 Å². The summed E-state index contributed by atoms with van der Waals surface area (Å²) >= 11 is 0. The molecular weight excluding hydrogens is 995 g/mol. The SMILES string of the molecule is c1ccc(-c2cc(-c3ccccc3)cc(N3c4ccccc4C4(c5ccccc5-c5c4ccc4oc6ccccc6c54)c4ccc(-c5ccc6c(c5)c5ccccc5n6-c5cc(-c6ccccc6)cc(-c6ccccc6)n5)cc43)c2)cc1. The van der Waals surface area contributed by atoms with Gasteiger partial charge in [0.1, 0.15) is 17.0 Å². The lowest BCUT2D eigenvalue weighted by Gasteiger charge is -2.45. The quantitative estimate of drug-likeness (QED) is 0.160. The molecule has 0 amide bonds. The van der Waals surface area contributed by atoms with Crippen LogP contribution in [0.15, 0.2) is 302 Å². The van der Waals surface area contributed by atoms with E-state index >= 15 is 0 Å². The molecule has 4 nitrogen and oxygen atoms in total. The summed E-state index contributed by atoms with van der Waals surface area (Å²) in [6.45, 7) is 0. The third kappa shape index (κ3) is 6.88. The van der Waals surface area contributed by atoms with Gasteiger partial charge in [-0.2, -0.15) is 0 Å². The molecule has 0 N–H and O–H groups in total. The number of hydrogen-bond acceptors (Lipinski definition) is 3. The van der Waals surface area contributed by atoms with E-state index in [0.717, 1.165) is 117 Å². The molecule has 15 aromatic rings. The van der Waals surface area contributed by atoms with Gasteiger partial charge >= 0.3 is 0 Å². The Bertz CT molecular complexity index is 4930. The zero-order chi connectivity index (χ0) is 53.9. The average Bonchev–Trinajstić information content (AvgIpc) is 1.68. The summed E-state index contributed by atoms with van der Waals surface area (Å²) in [6, 6.07) is 109. The predicted octanol–water partition coefficient (Wildman–Crippen LogP) is 20.6. The van der Waals surface area contributed by atoms with E-state index in [9.17, 15) is 0 Å². The largest absolute Gasteiger partial charge is 0.456 e. The summed E-state index contributed by atoms with van der Waals surface area (Å²) in [5.41, 5.74) is 25.2. The minimum atomic E-state index is -0.685. The molecule has 0 saturated heterocycles. The molecule has 0 radical (unpaired) electrons. The predicted molar refractivity (Wildman–Crippen MR) is 339 cm³/mol. The Morgan fingerprint density at radius 1 is 0.317 bits per heavy atom. The van der Waals surface area contributed by atoms with Crippen LogP contribution in [0.5, 0.6) is 0 Å². The van der Waals surface area contributed by atoms with Crippen molar-refractivity contribution in [1.29, 1.82) is 0 Å². The maximum Gasteiger partial charge on any atom is 0.138 e. The molecule has 0 fully saturated rings. The minimum Gasteiger partial charge on any atom is -0.456 e. The van der Waals surface area contributed by atoms with Crippen molar-refractivity contribution < 1.29 is 4.42 Å². The summed E-state index contributed by atoms with van der Waals surface area (Å²) in [5, 5.41) is 4.62. The second-order valence-electron chi connectivity index (χ2n) is 21.8. The van der Waals surface area contributed by atoms with Crippen LogP contribution in [0.1, 0.15) is 22.3 Å². The van der Waals surface area contributed by atoms with E-state index in [0.29, 0.717) is 0 Å². The number of fused-ring (bicyclic) bond motifs is 16. The summed E-state index contributed by atoms with van der Waals surface area (Å²) in [5.74, 6) is 0.873. The number of para-hydroxylation sites is 3. The smallest absolute Gasteiger partial charge is 0.138 e. The van der Waals surface area contributed by atoms with Crippen molar-refractivity contribution in [2.24, 2.45) is 0 Å². The van der Waals surface area contributed by atoms with Crippen molar-refractivity contribution in [3.63, 3.8) is 0 Å². The summed E-state index contributed by atoms with van der Waals surface area (Å²) in [7, 11) is 0. The van der Waals surface area contributed by atoms with Crippen molar-refractivity contribution in [3.8, 4) is 72.7 Å². The van der Waals surface area contributed by atoms with Crippen LogP contribution >= 0.6 is 0 Å². The third-order valence-corrected chi connectivity index (χ3v) is 17.4. The van der Waals surface area contributed by atoms with Crippen molar-refractivity contribution >= 4 is 60.8 Å². The highest BCUT2D eigenvalue weighted by atomic mass is 16.3. The monoisotopic (exact) mass is 1040 g/mol. The van der Waals surface area contributed by atoms with Gasteiger partial charge in [-0.3, -0.25) is 4.57 Å². The Hall–Kier alpha value is -10.8. The Labute approximate surface area is 474 Å². The molecule has 4 heteroatoms. The molecule has 17 rings (SSSR count). The van der Waals surface area contributed by atoms with E-state index in [2.05, 4.69) is 307 Å². The van der Waals surface area contributed by atoms with Crippen molar-refractivity contribution in [2.45, 2.75) is 5.41 Å². The molecule has 382 valence electrons. The lowest BCUT2D eigenvalue weighted by molar-refractivity contribution is 0.668. The fourth-order valence-corrected chi connectivity index (χ4v) is 13.8. The molecule has 82 heavy (non-hydrogen) atoms. The van der Waals surface area contributed by atoms with Crippen molar-refractivity contribution in [3.05, 3.63) is 320 Å². The van der Waals surface area contributed by atoms with E-state index in [4.69, 9.17) is 9.40 Å². The Morgan fingerprint density at radius 3 is 1.60 bits per heavy atom. The Morgan fingerprint density at radius 2 is 0.866 bits per heavy atom. The maximum absolute atomic E-state index is 6.66. The lowest BCUT2D eigenvalue weighted by atomic mass is 9.64. The van der Waals surface area contributed by atoms with E-state index in [1.165, 1.54) is 38.8 Å². The van der Waals surface area contributed by atoms with Crippen LogP contribution in [0.25, 0.3) is 116 Å². The van der Waals surface area contributed by atoms with E-state index in [1.54, 1.807) is 0 Å². The van der Waals surface area contributed by atoms with Gasteiger partial charge in [0.15, 0.2) is 0 Å². The number of rotatable bonds is 7. The number of furan rings is 1. The zero-order valence-corrected chi connectivity index (χ0v) is 44.5. The molecular formula is C78H49N3O. The van der Waals surface area contributed by atoms with Crippen LogP contribution in [-0.4, -0.2) is 9.55 Å². The van der Waals surface area contributed by atoms with Crippen LogP contribution in [0.2, 0.25) is 0 Å². The first kappa shape index (κ1) is 46.1. The highest BCUT2D eigenvalue weighted by Gasteiger charge is 2.52. The van der Waals surface area contributed by atoms with Crippen molar-refractivity contribution in [1.82, 2.24) is 9.55 Å². The minimum absolute atomic E-state index is 0.685. The van der Waals surface area contributed by atoms with E-state index in [1.807, 2.05) is 0 Å². The normalized spacial score (nSPS) is 14.1. The van der Waals surface area contributed by atoms with Gasteiger partial charge in [0.05, 0.1) is 33.5 Å². The summed E-state index contributed by atoms with van der Waals surface area (Å²) in [4.78, 5) is 8.00. The number of pyridine rings is 1. The Kier molecular flexibility index (Phi) is 10.2. The number of aromatic nitrogens is 2. The number of anilines is 3. The highest BCUT2D eigenvalue weighted by Crippen LogP contribution is 2.65. The lowest BCUT2D eigenvalue weighted by Crippen LogP contribution is -2.36. The van der Waals surface area contributed by atoms with Crippen LogP contribution in [0, 0.1) is 0 Å².